The van der Waals surface area contributed by atoms with Crippen LogP contribution in [0.15, 0.2) is 24.3 Å². The third-order valence-corrected chi connectivity index (χ3v) is 5.14. The number of piperazine rings is 1. The van der Waals surface area contributed by atoms with Gasteiger partial charge in [0, 0.05) is 63.3 Å². The Kier molecular flexibility index (Phi) is 7.98. The summed E-state index contributed by atoms with van der Waals surface area (Å²) < 4.78 is 5.42. The molecule has 2 heterocycles. The number of ether oxygens (including phenoxy) is 1. The zero-order valence-electron chi connectivity index (χ0n) is 18.2. The van der Waals surface area contributed by atoms with Gasteiger partial charge in [-0.3, -0.25) is 9.69 Å². The Morgan fingerprint density at radius 2 is 1.70 bits per heavy atom. The molecule has 2 amide bonds. The molecule has 30 heavy (non-hydrogen) atoms. The number of carbonyl (C=O) groups excluding carboxylic acids is 3. The largest absolute Gasteiger partial charge is 1.00 e. The molecule has 1 unspecified atom stereocenters. The second-order valence-corrected chi connectivity index (χ2v) is 8.63. The van der Waals surface area contributed by atoms with Crippen LogP contribution >= 0.6 is 0 Å². The molecule has 0 saturated carbocycles. The topological polar surface area (TPSA) is 93.2 Å². The maximum absolute atomic E-state index is 12.1. The second kappa shape index (κ2) is 9.86. The zero-order valence-corrected chi connectivity index (χ0v) is 18.2. The van der Waals surface area contributed by atoms with Crippen LogP contribution in [0.25, 0.3) is 0 Å². The number of amides is 2. The van der Waals surface area contributed by atoms with Gasteiger partial charge in [0.25, 0.3) is 0 Å². The SMILES string of the molecule is CC(C)(C)OC(=O)N1CCN(Cc2ccc(N3CC(C(=O)[O-])CC3=O)cc2)CC1.[Li+]. The molecule has 0 aromatic heterocycles. The van der Waals surface area contributed by atoms with Crippen molar-refractivity contribution < 1.29 is 43.1 Å². The smallest absolute Gasteiger partial charge is 0.550 e. The van der Waals surface area contributed by atoms with Gasteiger partial charge < -0.3 is 24.4 Å². The Labute approximate surface area is 189 Å². The van der Waals surface area contributed by atoms with Crippen LogP contribution in [0.3, 0.4) is 0 Å². The van der Waals surface area contributed by atoms with E-state index >= 15 is 0 Å². The third-order valence-electron chi connectivity index (χ3n) is 5.14. The third kappa shape index (κ3) is 6.24. The molecule has 9 heteroatoms. The summed E-state index contributed by atoms with van der Waals surface area (Å²) in [5.41, 5.74) is 1.31. The fourth-order valence-corrected chi connectivity index (χ4v) is 3.57. The number of hydrogen-bond donors (Lipinski definition) is 0. The fourth-order valence-electron chi connectivity index (χ4n) is 3.57. The van der Waals surface area contributed by atoms with Crippen LogP contribution in [0.5, 0.6) is 0 Å². The molecule has 2 fully saturated rings. The Morgan fingerprint density at radius 3 is 2.20 bits per heavy atom. The first-order valence-corrected chi connectivity index (χ1v) is 9.93. The van der Waals surface area contributed by atoms with Gasteiger partial charge in [0.2, 0.25) is 5.91 Å². The van der Waals surface area contributed by atoms with Crippen LogP contribution in [0, 0.1) is 5.92 Å². The molecule has 2 saturated heterocycles. The van der Waals surface area contributed by atoms with Crippen molar-refractivity contribution in [3.05, 3.63) is 29.8 Å². The first-order valence-electron chi connectivity index (χ1n) is 9.93. The molecule has 0 bridgehead atoms. The minimum absolute atomic E-state index is 0. The number of benzene rings is 1. The molecule has 1 atom stereocenters. The molecule has 2 aliphatic heterocycles. The Hall–Kier alpha value is -2.01. The minimum atomic E-state index is -1.18. The molecule has 3 rings (SSSR count). The van der Waals surface area contributed by atoms with E-state index < -0.39 is 17.5 Å². The van der Waals surface area contributed by atoms with Crippen molar-refractivity contribution in [3.8, 4) is 0 Å². The molecule has 1 aromatic carbocycles. The molecule has 0 radical (unpaired) electrons. The summed E-state index contributed by atoms with van der Waals surface area (Å²) in [6, 6.07) is 7.61. The summed E-state index contributed by atoms with van der Waals surface area (Å²) in [6.45, 7) is 9.26. The van der Waals surface area contributed by atoms with Crippen molar-refractivity contribution in [3.63, 3.8) is 0 Å². The Balaban J connectivity index is 0.00000320. The Bertz CT molecular complexity index is 770. The van der Waals surface area contributed by atoms with Crippen molar-refractivity contribution in [1.29, 1.82) is 0 Å². The maximum Gasteiger partial charge on any atom is 1.00 e. The van der Waals surface area contributed by atoms with Gasteiger partial charge in [-0.1, -0.05) is 12.1 Å². The van der Waals surface area contributed by atoms with E-state index in [2.05, 4.69) is 4.90 Å². The van der Waals surface area contributed by atoms with Crippen LogP contribution in [0.2, 0.25) is 0 Å². The molecule has 0 N–H and O–H groups in total. The predicted molar refractivity (Wildman–Crippen MR) is 105 cm³/mol. The van der Waals surface area contributed by atoms with Crippen LogP contribution in [0.4, 0.5) is 10.5 Å². The monoisotopic (exact) mass is 409 g/mol. The summed E-state index contributed by atoms with van der Waals surface area (Å²) in [5.74, 6) is -2.11. The van der Waals surface area contributed by atoms with Gasteiger partial charge in [0.05, 0.1) is 0 Å². The van der Waals surface area contributed by atoms with Crippen molar-refractivity contribution >= 4 is 23.7 Å². The average molecular weight is 409 g/mol. The predicted octanol–water partition coefficient (Wildman–Crippen LogP) is -2.15. The number of anilines is 1. The number of nitrogens with zero attached hydrogens (tertiary/aromatic N) is 3. The molecule has 158 valence electrons. The van der Waals surface area contributed by atoms with Crippen LogP contribution in [0.1, 0.15) is 32.8 Å². The van der Waals surface area contributed by atoms with E-state index in [0.717, 1.165) is 25.2 Å². The van der Waals surface area contributed by atoms with E-state index in [1.54, 1.807) is 4.90 Å². The number of hydrogen-bond acceptors (Lipinski definition) is 6. The summed E-state index contributed by atoms with van der Waals surface area (Å²) >= 11 is 0. The van der Waals surface area contributed by atoms with E-state index in [9.17, 15) is 19.5 Å². The number of carboxylic acid groups (broad SMARTS) is 1. The van der Waals surface area contributed by atoms with Gasteiger partial charge in [-0.25, -0.2) is 4.79 Å². The van der Waals surface area contributed by atoms with Gasteiger partial charge >= 0.3 is 25.0 Å². The number of carboxylic acids is 1. The fraction of sp³-hybridized carbons (Fsp3) is 0.571. The van der Waals surface area contributed by atoms with Gasteiger partial charge in [0.15, 0.2) is 0 Å². The Morgan fingerprint density at radius 1 is 1.10 bits per heavy atom. The van der Waals surface area contributed by atoms with E-state index in [4.69, 9.17) is 4.74 Å². The van der Waals surface area contributed by atoms with Crippen LogP contribution < -0.4 is 28.9 Å². The first-order chi connectivity index (χ1) is 13.6. The summed E-state index contributed by atoms with van der Waals surface area (Å²) in [7, 11) is 0. The average Bonchev–Trinajstić information content (AvgIpc) is 3.04. The van der Waals surface area contributed by atoms with Crippen molar-refractivity contribution in [2.24, 2.45) is 5.92 Å². The van der Waals surface area contributed by atoms with E-state index in [1.807, 2.05) is 45.0 Å². The molecular formula is C21H28LiN3O5. The summed E-state index contributed by atoms with van der Waals surface area (Å²) in [5, 5.41) is 11.0. The molecular weight excluding hydrogens is 381 g/mol. The van der Waals surface area contributed by atoms with Gasteiger partial charge in [-0.2, -0.15) is 0 Å². The van der Waals surface area contributed by atoms with E-state index in [0.29, 0.717) is 18.8 Å². The van der Waals surface area contributed by atoms with E-state index in [-0.39, 0.29) is 43.8 Å². The first kappa shape index (κ1) is 24.3. The summed E-state index contributed by atoms with van der Waals surface area (Å²) in [4.78, 5) is 40.7. The number of carbonyl (C=O) groups is 3. The van der Waals surface area contributed by atoms with Crippen LogP contribution in [-0.2, 0) is 20.9 Å². The second-order valence-electron chi connectivity index (χ2n) is 8.63. The van der Waals surface area contributed by atoms with Gasteiger partial charge in [-0.15, -0.1) is 0 Å². The van der Waals surface area contributed by atoms with Crippen LogP contribution in [-0.4, -0.2) is 66.1 Å². The quantitative estimate of drug-likeness (QED) is 0.527. The minimum Gasteiger partial charge on any atom is -0.550 e. The molecule has 0 spiro atoms. The van der Waals surface area contributed by atoms with Gasteiger partial charge in [-0.05, 0) is 38.5 Å². The molecule has 8 nitrogen and oxygen atoms in total. The molecule has 2 aliphatic rings. The normalized spacial score (nSPS) is 20.1. The number of rotatable bonds is 4. The van der Waals surface area contributed by atoms with E-state index in [1.165, 1.54) is 4.90 Å². The summed E-state index contributed by atoms with van der Waals surface area (Å²) in [6.07, 6.45) is -0.280. The molecule has 1 aromatic rings. The van der Waals surface area contributed by atoms with Crippen molar-refractivity contribution in [1.82, 2.24) is 9.80 Å². The van der Waals surface area contributed by atoms with Gasteiger partial charge in [0.1, 0.15) is 5.60 Å². The number of aliphatic carboxylic acids is 1. The maximum atomic E-state index is 12.1. The standard InChI is InChI=1S/C21H29N3O5.Li/c1-21(2,3)29-20(28)23-10-8-22(9-11-23)13-15-4-6-17(7-5-15)24-14-16(19(26)27)12-18(24)25;/h4-7,16H,8-14H2,1-3H3,(H,26,27);/q;+1/p-1. The van der Waals surface area contributed by atoms with Crippen molar-refractivity contribution in [2.75, 3.05) is 37.6 Å². The van der Waals surface area contributed by atoms with Crippen molar-refractivity contribution in [2.45, 2.75) is 39.3 Å². The zero-order chi connectivity index (χ0) is 21.2. The molecule has 0 aliphatic carbocycles.